The zero-order chi connectivity index (χ0) is 15.9. The number of nitrogens with one attached hydrogen (secondary N) is 2. The molecule has 21 heavy (non-hydrogen) atoms. The van der Waals surface area contributed by atoms with Crippen molar-refractivity contribution in [3.05, 3.63) is 0 Å². The van der Waals surface area contributed by atoms with Crippen LogP contribution in [-0.2, 0) is 14.3 Å². The Balaban J connectivity index is 2.16. The Kier molecular flexibility index (Phi) is 6.91. The van der Waals surface area contributed by atoms with Crippen LogP contribution in [0, 0.1) is 0 Å². The molecular formula is C14H27N3O4. The largest absolute Gasteiger partial charge is 0.444 e. The highest BCUT2D eigenvalue weighted by Gasteiger charge is 2.22. The van der Waals surface area contributed by atoms with Gasteiger partial charge in [0.1, 0.15) is 5.60 Å². The summed E-state index contributed by atoms with van der Waals surface area (Å²) in [5.41, 5.74) is -0.503. The molecule has 0 bridgehead atoms. The van der Waals surface area contributed by atoms with Crippen LogP contribution in [0.1, 0.15) is 27.7 Å². The van der Waals surface area contributed by atoms with Crippen LogP contribution < -0.4 is 10.6 Å². The normalized spacial score (nSPS) is 17.2. The van der Waals surface area contributed by atoms with Crippen LogP contribution in [0.3, 0.4) is 0 Å². The van der Waals surface area contributed by atoms with Crippen LogP contribution in [0.4, 0.5) is 4.79 Å². The standard InChI is InChI=1S/C14H27N3O4/c1-11(12(18)17-7-9-20-10-8-17)15-5-6-16-13(19)21-14(2,3)4/h11,15H,5-10H2,1-4H3,(H,16,19). The molecule has 1 atom stereocenters. The molecule has 2 amide bonds. The smallest absolute Gasteiger partial charge is 0.407 e. The summed E-state index contributed by atoms with van der Waals surface area (Å²) in [6.45, 7) is 10.7. The zero-order valence-electron chi connectivity index (χ0n) is 13.4. The Hall–Kier alpha value is -1.34. The molecule has 1 heterocycles. The van der Waals surface area contributed by atoms with Gasteiger partial charge >= 0.3 is 6.09 Å². The summed E-state index contributed by atoms with van der Waals surface area (Å²) in [5.74, 6) is 0.0653. The second-order valence-corrected chi connectivity index (χ2v) is 6.04. The minimum atomic E-state index is -0.503. The third kappa shape index (κ3) is 7.29. The predicted octanol–water partition coefficient (Wildman–Crippen LogP) is 0.348. The van der Waals surface area contributed by atoms with Crippen LogP contribution in [0.15, 0.2) is 0 Å². The van der Waals surface area contributed by atoms with Crippen LogP contribution in [-0.4, -0.2) is 67.9 Å². The molecule has 0 aromatic rings. The maximum Gasteiger partial charge on any atom is 0.407 e. The number of rotatable bonds is 5. The molecule has 122 valence electrons. The van der Waals surface area contributed by atoms with Crippen molar-refractivity contribution in [2.75, 3.05) is 39.4 Å². The lowest BCUT2D eigenvalue weighted by Crippen LogP contribution is -2.50. The number of hydrogen-bond acceptors (Lipinski definition) is 5. The van der Waals surface area contributed by atoms with Gasteiger partial charge in [-0.15, -0.1) is 0 Å². The highest BCUT2D eigenvalue weighted by molar-refractivity contribution is 5.81. The van der Waals surface area contributed by atoms with Gasteiger partial charge in [0, 0.05) is 26.2 Å². The Bertz CT molecular complexity index is 349. The number of ether oxygens (including phenoxy) is 2. The predicted molar refractivity (Wildman–Crippen MR) is 79.1 cm³/mol. The summed E-state index contributed by atoms with van der Waals surface area (Å²) >= 11 is 0. The van der Waals surface area contributed by atoms with E-state index in [2.05, 4.69) is 10.6 Å². The highest BCUT2D eigenvalue weighted by atomic mass is 16.6. The fourth-order valence-corrected chi connectivity index (χ4v) is 1.91. The Labute approximate surface area is 126 Å². The van der Waals surface area contributed by atoms with Gasteiger partial charge in [0.05, 0.1) is 19.3 Å². The highest BCUT2D eigenvalue weighted by Crippen LogP contribution is 2.06. The molecule has 0 radical (unpaired) electrons. The summed E-state index contributed by atoms with van der Waals surface area (Å²) in [7, 11) is 0. The van der Waals surface area contributed by atoms with Gasteiger partial charge in [0.15, 0.2) is 0 Å². The summed E-state index contributed by atoms with van der Waals surface area (Å²) in [5, 5.41) is 5.74. The van der Waals surface area contributed by atoms with Gasteiger partial charge in [-0.05, 0) is 27.7 Å². The zero-order valence-corrected chi connectivity index (χ0v) is 13.4. The molecule has 0 aliphatic carbocycles. The first-order chi connectivity index (χ1) is 9.79. The van der Waals surface area contributed by atoms with Crippen LogP contribution in [0.2, 0.25) is 0 Å². The average Bonchev–Trinajstić information content (AvgIpc) is 2.41. The van der Waals surface area contributed by atoms with E-state index in [1.807, 2.05) is 27.7 Å². The van der Waals surface area contributed by atoms with Gasteiger partial charge in [-0.3, -0.25) is 4.79 Å². The van der Waals surface area contributed by atoms with E-state index in [1.54, 1.807) is 4.90 Å². The molecule has 7 nitrogen and oxygen atoms in total. The Morgan fingerprint density at radius 2 is 1.86 bits per heavy atom. The third-order valence-electron chi connectivity index (χ3n) is 2.94. The summed E-state index contributed by atoms with van der Waals surface area (Å²) in [6, 6.07) is -0.275. The lowest BCUT2D eigenvalue weighted by atomic mass is 10.2. The van der Waals surface area contributed by atoms with E-state index in [-0.39, 0.29) is 11.9 Å². The number of nitrogens with zero attached hydrogens (tertiary/aromatic N) is 1. The second-order valence-electron chi connectivity index (χ2n) is 6.04. The Morgan fingerprint density at radius 3 is 2.43 bits per heavy atom. The molecule has 2 N–H and O–H groups in total. The first-order valence-electron chi connectivity index (χ1n) is 7.36. The quantitative estimate of drug-likeness (QED) is 0.716. The first-order valence-corrected chi connectivity index (χ1v) is 7.36. The maximum absolute atomic E-state index is 12.1. The van der Waals surface area contributed by atoms with Gasteiger partial charge in [0.2, 0.25) is 5.91 Å². The van der Waals surface area contributed by atoms with E-state index in [0.29, 0.717) is 39.4 Å². The summed E-state index contributed by atoms with van der Waals surface area (Å²) in [4.78, 5) is 25.3. The molecular weight excluding hydrogens is 274 g/mol. The lowest BCUT2D eigenvalue weighted by molar-refractivity contribution is -0.137. The maximum atomic E-state index is 12.1. The fraction of sp³-hybridized carbons (Fsp3) is 0.857. The SMILES string of the molecule is CC(NCCNC(=O)OC(C)(C)C)C(=O)N1CCOCC1. The van der Waals surface area contributed by atoms with Crippen molar-refractivity contribution < 1.29 is 19.1 Å². The molecule has 1 saturated heterocycles. The van der Waals surface area contributed by atoms with Crippen molar-refractivity contribution >= 4 is 12.0 Å². The second kappa shape index (κ2) is 8.19. The topological polar surface area (TPSA) is 79.9 Å². The molecule has 0 aromatic carbocycles. The van der Waals surface area contributed by atoms with E-state index in [0.717, 1.165) is 0 Å². The third-order valence-corrected chi connectivity index (χ3v) is 2.94. The molecule has 0 spiro atoms. The Morgan fingerprint density at radius 1 is 1.24 bits per heavy atom. The molecule has 1 aliphatic rings. The minimum Gasteiger partial charge on any atom is -0.444 e. The minimum absolute atomic E-state index is 0.0653. The van der Waals surface area contributed by atoms with E-state index in [4.69, 9.17) is 9.47 Å². The molecule has 1 aliphatic heterocycles. The average molecular weight is 301 g/mol. The number of carbonyl (C=O) groups excluding carboxylic acids is 2. The number of carbonyl (C=O) groups is 2. The van der Waals surface area contributed by atoms with Gasteiger partial charge in [-0.25, -0.2) is 4.79 Å². The van der Waals surface area contributed by atoms with E-state index in [1.165, 1.54) is 0 Å². The van der Waals surface area contributed by atoms with E-state index in [9.17, 15) is 9.59 Å². The summed E-state index contributed by atoms with van der Waals surface area (Å²) in [6.07, 6.45) is -0.448. The fourth-order valence-electron chi connectivity index (χ4n) is 1.91. The lowest BCUT2D eigenvalue weighted by Gasteiger charge is -2.29. The van der Waals surface area contributed by atoms with E-state index < -0.39 is 11.7 Å². The molecule has 0 saturated carbocycles. The van der Waals surface area contributed by atoms with Crippen molar-refractivity contribution in [1.82, 2.24) is 15.5 Å². The number of hydrogen-bond donors (Lipinski definition) is 2. The molecule has 7 heteroatoms. The van der Waals surface area contributed by atoms with E-state index >= 15 is 0 Å². The summed E-state index contributed by atoms with van der Waals surface area (Å²) < 4.78 is 10.3. The monoisotopic (exact) mass is 301 g/mol. The number of morpholine rings is 1. The van der Waals surface area contributed by atoms with Crippen LogP contribution in [0.5, 0.6) is 0 Å². The van der Waals surface area contributed by atoms with Gasteiger partial charge in [-0.1, -0.05) is 0 Å². The van der Waals surface area contributed by atoms with Crippen LogP contribution in [0.25, 0.3) is 0 Å². The molecule has 1 fully saturated rings. The van der Waals surface area contributed by atoms with Gasteiger partial charge in [0.25, 0.3) is 0 Å². The first kappa shape index (κ1) is 17.7. The van der Waals surface area contributed by atoms with Gasteiger partial charge < -0.3 is 25.0 Å². The van der Waals surface area contributed by atoms with Crippen molar-refractivity contribution in [1.29, 1.82) is 0 Å². The van der Waals surface area contributed by atoms with Crippen molar-refractivity contribution in [3.8, 4) is 0 Å². The van der Waals surface area contributed by atoms with Crippen molar-refractivity contribution in [3.63, 3.8) is 0 Å². The molecule has 1 unspecified atom stereocenters. The number of alkyl carbamates (subject to hydrolysis) is 1. The molecule has 0 aromatic heterocycles. The van der Waals surface area contributed by atoms with Crippen LogP contribution >= 0.6 is 0 Å². The molecule has 1 rings (SSSR count). The number of amides is 2. The van der Waals surface area contributed by atoms with Crippen molar-refractivity contribution in [2.24, 2.45) is 0 Å². The van der Waals surface area contributed by atoms with Crippen molar-refractivity contribution in [2.45, 2.75) is 39.3 Å². The van der Waals surface area contributed by atoms with Gasteiger partial charge in [-0.2, -0.15) is 0 Å².